The molecule has 0 fully saturated rings. The molecule has 2 amide bonds. The molecule has 3 rings (SSSR count). The number of para-hydroxylation sites is 1. The van der Waals surface area contributed by atoms with Crippen LogP contribution in [0.4, 0.5) is 14.9 Å². The van der Waals surface area contributed by atoms with Gasteiger partial charge < -0.3 is 14.6 Å². The van der Waals surface area contributed by atoms with Crippen molar-refractivity contribution < 1.29 is 33.8 Å². The quantitative estimate of drug-likeness (QED) is 0.140. The van der Waals surface area contributed by atoms with Crippen molar-refractivity contribution in [3.63, 3.8) is 0 Å². The summed E-state index contributed by atoms with van der Waals surface area (Å²) in [4.78, 5) is 24.1. The maximum absolute atomic E-state index is 14.3. The van der Waals surface area contributed by atoms with Gasteiger partial charge >= 0.3 is 6.09 Å². The van der Waals surface area contributed by atoms with Gasteiger partial charge in [0.2, 0.25) is 0 Å². The Bertz CT molecular complexity index is 1190. The number of allylic oxidation sites excluding steroid dienone is 1. The topological polar surface area (TPSA) is 117 Å². The molecule has 0 spiro atoms. The minimum absolute atomic E-state index is 0.253. The van der Waals surface area contributed by atoms with Crippen LogP contribution in [0, 0.1) is 5.82 Å². The predicted molar refractivity (Wildman–Crippen MR) is 134 cm³/mol. The van der Waals surface area contributed by atoms with Crippen molar-refractivity contribution in [1.82, 2.24) is 5.48 Å². The largest absolute Gasteiger partial charge is 0.505 e. The highest BCUT2D eigenvalue weighted by Crippen LogP contribution is 2.31. The molecular weight excluding hydrogens is 535 g/mol. The first-order valence-corrected chi connectivity index (χ1v) is 11.7. The summed E-state index contributed by atoms with van der Waals surface area (Å²) in [5.74, 6) is -1.64. The van der Waals surface area contributed by atoms with Gasteiger partial charge in [0.1, 0.15) is 11.9 Å². The monoisotopic (exact) mass is 558 g/mol. The molecule has 0 aliphatic carbocycles. The number of aromatic hydroxyl groups is 1. The van der Waals surface area contributed by atoms with Gasteiger partial charge in [-0.1, -0.05) is 46.3 Å². The zero-order valence-electron chi connectivity index (χ0n) is 18.9. The molecule has 188 valence electrons. The average molecular weight is 559 g/mol. The van der Waals surface area contributed by atoms with E-state index in [9.17, 15) is 19.1 Å². The summed E-state index contributed by atoms with van der Waals surface area (Å²) in [5, 5.41) is 20.9. The lowest BCUT2D eigenvalue weighted by molar-refractivity contribution is -0.124. The highest BCUT2D eigenvalue weighted by molar-refractivity contribution is 9.10. The van der Waals surface area contributed by atoms with Crippen LogP contribution in [0.5, 0.6) is 11.5 Å². The molecule has 0 saturated heterocycles. The van der Waals surface area contributed by atoms with Crippen molar-refractivity contribution in [1.29, 1.82) is 0 Å². The Morgan fingerprint density at radius 1 is 1.06 bits per heavy atom. The van der Waals surface area contributed by atoms with Gasteiger partial charge in [0.05, 0.1) is 0 Å². The lowest BCUT2D eigenvalue weighted by Gasteiger charge is -2.28. The molecule has 0 aliphatic heterocycles. The lowest BCUT2D eigenvalue weighted by Crippen LogP contribution is -2.31. The van der Waals surface area contributed by atoms with Crippen LogP contribution in [0.1, 0.15) is 24.5 Å². The number of carbonyl (C=O) groups is 2. The molecule has 0 heterocycles. The van der Waals surface area contributed by atoms with E-state index >= 15 is 0 Å². The van der Waals surface area contributed by atoms with Crippen molar-refractivity contribution >= 4 is 33.6 Å². The van der Waals surface area contributed by atoms with Crippen molar-refractivity contribution in [2.24, 2.45) is 0 Å². The number of phenols is 1. The third kappa shape index (κ3) is 8.10. The van der Waals surface area contributed by atoms with Gasteiger partial charge in [-0.25, -0.2) is 14.7 Å². The normalized spacial score (nSPS) is 12.5. The van der Waals surface area contributed by atoms with E-state index in [1.54, 1.807) is 48.5 Å². The second-order valence-corrected chi connectivity index (χ2v) is 8.51. The molecule has 0 saturated carbocycles. The first-order valence-electron chi connectivity index (χ1n) is 10.9. The molecule has 3 aromatic rings. The van der Waals surface area contributed by atoms with E-state index < -0.39 is 35.8 Å². The number of anilines is 1. The van der Waals surface area contributed by atoms with E-state index in [0.717, 1.165) is 16.6 Å². The first kappa shape index (κ1) is 26.7. The van der Waals surface area contributed by atoms with Crippen LogP contribution in [0.25, 0.3) is 0 Å². The second-order valence-electron chi connectivity index (χ2n) is 7.59. The molecule has 4 N–H and O–H groups in total. The summed E-state index contributed by atoms with van der Waals surface area (Å²) in [5.41, 5.74) is 2.25. The zero-order valence-corrected chi connectivity index (χ0v) is 20.5. The number of hydrogen-bond acceptors (Lipinski definition) is 6. The van der Waals surface area contributed by atoms with Gasteiger partial charge in [-0.05, 0) is 66.9 Å². The van der Waals surface area contributed by atoms with E-state index in [0.29, 0.717) is 17.9 Å². The number of halogens is 2. The zero-order chi connectivity index (χ0) is 25.9. The summed E-state index contributed by atoms with van der Waals surface area (Å²) in [6.07, 6.45) is 0.527. The average Bonchev–Trinajstić information content (AvgIpc) is 2.88. The van der Waals surface area contributed by atoms with Gasteiger partial charge in [0.15, 0.2) is 17.7 Å². The van der Waals surface area contributed by atoms with E-state index in [4.69, 9.17) is 14.7 Å². The summed E-state index contributed by atoms with van der Waals surface area (Å²) in [7, 11) is 0. The summed E-state index contributed by atoms with van der Waals surface area (Å²) < 4.78 is 26.9. The van der Waals surface area contributed by atoms with Crippen molar-refractivity contribution in [2.45, 2.75) is 25.0 Å². The lowest BCUT2D eigenvalue weighted by atomic mass is 9.99. The number of rotatable bonds is 10. The van der Waals surface area contributed by atoms with Crippen LogP contribution in [0.15, 0.2) is 89.4 Å². The molecule has 0 radical (unpaired) electrons. The smallest absolute Gasteiger partial charge is 0.412 e. The number of carbonyl (C=O) groups excluding carboxylic acids is 2. The SMILES string of the molecule is O=C(/C=C/CC[C@H](Oc1ccccc1)[C@@H](OC(=O)Nc1ccc(Br)cc1)c1ccc(O)c(F)c1)NO. The van der Waals surface area contributed by atoms with Gasteiger partial charge in [-0.3, -0.25) is 15.3 Å². The molecule has 36 heavy (non-hydrogen) atoms. The fourth-order valence-electron chi connectivity index (χ4n) is 3.29. The number of amides is 2. The van der Waals surface area contributed by atoms with E-state index in [1.165, 1.54) is 23.7 Å². The molecule has 0 bridgehead atoms. The van der Waals surface area contributed by atoms with Crippen LogP contribution in [0.3, 0.4) is 0 Å². The molecule has 0 unspecified atom stereocenters. The minimum atomic E-state index is -1.09. The van der Waals surface area contributed by atoms with Crippen molar-refractivity contribution in [2.75, 3.05) is 5.32 Å². The molecule has 10 heteroatoms. The summed E-state index contributed by atoms with van der Waals surface area (Å²) >= 11 is 3.33. The van der Waals surface area contributed by atoms with Crippen molar-refractivity contribution in [3.8, 4) is 11.5 Å². The fraction of sp³-hybridized carbons (Fsp3) is 0.154. The highest BCUT2D eigenvalue weighted by atomic mass is 79.9. The summed E-state index contributed by atoms with van der Waals surface area (Å²) in [6.45, 7) is 0. The Morgan fingerprint density at radius 2 is 1.78 bits per heavy atom. The second kappa shape index (κ2) is 13.3. The number of hydroxylamine groups is 1. The third-order valence-corrected chi connectivity index (χ3v) is 5.52. The van der Waals surface area contributed by atoms with Gasteiger partial charge in [-0.15, -0.1) is 0 Å². The van der Waals surface area contributed by atoms with Crippen LogP contribution >= 0.6 is 15.9 Å². The Labute approximate surface area is 215 Å². The van der Waals surface area contributed by atoms with Crippen LogP contribution in [-0.2, 0) is 9.53 Å². The Kier molecular flexibility index (Phi) is 9.84. The molecular formula is C26H24BrFN2O6. The van der Waals surface area contributed by atoms with Gasteiger partial charge in [0, 0.05) is 16.2 Å². The van der Waals surface area contributed by atoms with Crippen molar-refractivity contribution in [3.05, 3.63) is 101 Å². The number of hydrogen-bond donors (Lipinski definition) is 4. The van der Waals surface area contributed by atoms with E-state index in [1.807, 2.05) is 6.07 Å². The first-order chi connectivity index (χ1) is 17.4. The molecule has 8 nitrogen and oxygen atoms in total. The minimum Gasteiger partial charge on any atom is -0.505 e. The maximum Gasteiger partial charge on any atom is 0.412 e. The molecule has 3 aromatic carbocycles. The third-order valence-electron chi connectivity index (χ3n) is 4.99. The van der Waals surface area contributed by atoms with E-state index in [-0.39, 0.29) is 12.0 Å². The fourth-order valence-corrected chi connectivity index (χ4v) is 3.55. The number of benzene rings is 3. The predicted octanol–water partition coefficient (Wildman–Crippen LogP) is 5.87. The Morgan fingerprint density at radius 3 is 2.44 bits per heavy atom. The molecule has 0 aromatic heterocycles. The Balaban J connectivity index is 1.89. The Hall–Kier alpha value is -3.89. The number of ether oxygens (including phenoxy) is 2. The number of phenolic OH excluding ortho intramolecular Hbond substituents is 1. The van der Waals surface area contributed by atoms with E-state index in [2.05, 4.69) is 21.2 Å². The number of nitrogens with one attached hydrogen (secondary N) is 2. The van der Waals surface area contributed by atoms with Crippen LogP contribution < -0.4 is 15.5 Å². The highest BCUT2D eigenvalue weighted by Gasteiger charge is 2.30. The maximum atomic E-state index is 14.3. The van der Waals surface area contributed by atoms with Gasteiger partial charge in [0.25, 0.3) is 5.91 Å². The van der Waals surface area contributed by atoms with Gasteiger partial charge in [-0.2, -0.15) is 0 Å². The molecule has 2 atom stereocenters. The standard InChI is InChI=1S/C26H24BrFN2O6/c27-18-11-13-19(14-12-18)29-26(33)36-25(17-10-15-22(31)21(28)16-17)23(8-4-5-9-24(32)30-34)35-20-6-2-1-3-7-20/h1-3,5-7,9-16,23,25,31,34H,4,8H2,(H,29,33)(H,30,32)/b9-5+/t23-,25-/m0/s1. The van der Waals surface area contributed by atoms with Crippen LogP contribution in [-0.4, -0.2) is 28.4 Å². The van der Waals surface area contributed by atoms with Crippen LogP contribution in [0.2, 0.25) is 0 Å². The summed E-state index contributed by atoms with van der Waals surface area (Å²) in [6, 6.07) is 19.3. The molecule has 0 aliphatic rings.